The van der Waals surface area contributed by atoms with Gasteiger partial charge in [-0.2, -0.15) is 0 Å². The van der Waals surface area contributed by atoms with Crippen molar-refractivity contribution in [3.63, 3.8) is 0 Å². The Balaban J connectivity index is -0.0000000939. The van der Waals surface area contributed by atoms with Gasteiger partial charge in [-0.15, -0.1) is 0 Å². The van der Waals surface area contributed by atoms with Crippen molar-refractivity contribution < 1.29 is 187 Å². The van der Waals surface area contributed by atoms with Crippen LogP contribution in [-0.4, -0.2) is 92.0 Å². The van der Waals surface area contributed by atoms with Crippen LogP contribution in [0.25, 0.3) is 0 Å². The smallest absolute Gasteiger partial charge is 0.549 e. The molecule has 0 spiro atoms. The Morgan fingerprint density at radius 2 is 0.688 bits per heavy atom. The summed E-state index contributed by atoms with van der Waals surface area (Å²) in [6, 6.07) is 0. The molecule has 0 rings (SSSR count). The van der Waals surface area contributed by atoms with Crippen LogP contribution in [0.5, 0.6) is 0 Å². The van der Waals surface area contributed by atoms with Crippen molar-refractivity contribution in [2.24, 2.45) is 0 Å². The Hall–Kier alpha value is 2.10. The van der Waals surface area contributed by atoms with Crippen molar-refractivity contribution in [2.45, 2.75) is 0 Å². The van der Waals surface area contributed by atoms with E-state index in [4.69, 9.17) is 19.6 Å². The van der Waals surface area contributed by atoms with Gasteiger partial charge in [-0.1, -0.05) is 0 Å². The minimum Gasteiger partial charge on any atom is -0.549 e. The summed E-state index contributed by atoms with van der Waals surface area (Å²) in [6.07, 6.45) is -1.93. The molecule has 164 valence electrons. The van der Waals surface area contributed by atoms with E-state index in [1.165, 1.54) is 0 Å². The third kappa shape index (κ3) is 39.3. The number of nitrogens with zero attached hydrogens (tertiary/aromatic N) is 2. The Bertz CT molecular complexity index is 584. The van der Waals surface area contributed by atoms with E-state index in [1.54, 1.807) is 0 Å². The summed E-state index contributed by atoms with van der Waals surface area (Å²) in [5.74, 6) is -6.50. The van der Waals surface area contributed by atoms with E-state index in [0.717, 1.165) is 0 Å². The molecule has 4 N–H and O–H groups in total. The Morgan fingerprint density at radius 1 is 0.531 bits per heavy atom. The molecule has 32 heavy (non-hydrogen) atoms. The fourth-order valence-corrected chi connectivity index (χ4v) is 3.01. The molecule has 0 amide bonds. The molecule has 0 aliphatic rings. The monoisotopic (exact) mass is 542 g/mol. The van der Waals surface area contributed by atoms with Crippen molar-refractivity contribution in [3.05, 3.63) is 0 Å². The normalized spacial score (nSPS) is 10.2. The van der Waals surface area contributed by atoms with Crippen LogP contribution < -0.4 is 139 Å². The van der Waals surface area contributed by atoms with Gasteiger partial charge in [0.15, 0.2) is 0 Å². The Morgan fingerprint density at radius 3 is 0.781 bits per heavy atom. The van der Waals surface area contributed by atoms with E-state index in [9.17, 15) is 48.7 Å². The van der Waals surface area contributed by atoms with Gasteiger partial charge in [0.25, 0.3) is 0 Å². The van der Waals surface area contributed by atoms with Crippen LogP contribution in [0.1, 0.15) is 0 Å². The first kappa shape index (κ1) is 47.3. The molecule has 0 aliphatic carbocycles. The van der Waals surface area contributed by atoms with Gasteiger partial charge in [-0.3, -0.25) is 18.9 Å². The molecule has 0 unspecified atom stereocenters. The molecule has 0 radical (unpaired) electrons. The molecule has 0 fully saturated rings. The number of rotatable bonds is 12. The first-order valence-corrected chi connectivity index (χ1v) is 10.3. The third-order valence-corrected chi connectivity index (χ3v) is 3.72. The molecular weight excluding hydrogens is 526 g/mol. The van der Waals surface area contributed by atoms with Crippen molar-refractivity contribution in [1.82, 2.24) is 9.80 Å². The summed E-state index contributed by atoms with van der Waals surface area (Å²) >= 11 is 0. The van der Waals surface area contributed by atoms with E-state index in [1.807, 2.05) is 0 Å². The van der Waals surface area contributed by atoms with Crippen molar-refractivity contribution in [2.75, 3.05) is 38.8 Å². The minimum absolute atomic E-state index is 0. The number of carboxylic acids is 4. The predicted octanol–water partition coefficient (Wildman–Crippen LogP) is -20.1. The maximum Gasteiger partial charge on any atom is 1.00 e. The number of aliphatic carboxylic acids is 4. The number of hydrogen-bond donors (Lipinski definition) is 4. The molecule has 0 saturated carbocycles. The second-order valence-electron chi connectivity index (χ2n) is 5.07. The van der Waals surface area contributed by atoms with E-state index in [2.05, 4.69) is 0 Å². The van der Waals surface area contributed by atoms with Gasteiger partial charge in [0.05, 0.1) is 23.9 Å². The van der Waals surface area contributed by atoms with Crippen molar-refractivity contribution in [3.8, 4) is 0 Å². The van der Waals surface area contributed by atoms with Crippen LogP contribution >= 0.6 is 15.2 Å². The largest absolute Gasteiger partial charge is 1.00 e. The molecule has 22 heteroatoms. The van der Waals surface area contributed by atoms with Gasteiger partial charge in [0.1, 0.15) is 12.6 Å². The van der Waals surface area contributed by atoms with Gasteiger partial charge in [-0.05, 0) is 0 Å². The summed E-state index contributed by atoms with van der Waals surface area (Å²) in [5.41, 5.74) is 0. The van der Waals surface area contributed by atoms with Crippen LogP contribution in [-0.2, 0) is 28.3 Å². The molecule has 0 aliphatic heterocycles. The SMILES string of the molecule is O=C([O-])CN(CC(=O)[O-])CP(=O)(O)O.O=C([O-])CN(CC(=O)[O-])CP(=O)(O)O.[Na+].[Na+].[Na+].[Na+]. The zero-order chi connectivity index (χ0) is 22.7. The predicted molar refractivity (Wildman–Crippen MR) is 77.0 cm³/mol. The summed E-state index contributed by atoms with van der Waals surface area (Å²) < 4.78 is 20.9. The molecular formula is C10H16N2Na4O14P2. The van der Waals surface area contributed by atoms with Crippen LogP contribution in [0.3, 0.4) is 0 Å². The van der Waals surface area contributed by atoms with Gasteiger partial charge in [0, 0.05) is 26.2 Å². The summed E-state index contributed by atoms with van der Waals surface area (Å²) in [4.78, 5) is 75.1. The van der Waals surface area contributed by atoms with E-state index in [0.29, 0.717) is 9.80 Å². The Labute approximate surface area is 270 Å². The molecule has 0 atom stereocenters. The van der Waals surface area contributed by atoms with Crippen molar-refractivity contribution in [1.29, 1.82) is 0 Å². The van der Waals surface area contributed by atoms with Gasteiger partial charge >= 0.3 is 133 Å². The zero-order valence-electron chi connectivity index (χ0n) is 17.9. The van der Waals surface area contributed by atoms with Crippen LogP contribution in [0.2, 0.25) is 0 Å². The molecule has 0 bridgehead atoms. The number of carbonyl (C=O) groups excluding carboxylic acids is 4. The minimum atomic E-state index is -4.49. The standard InChI is InChI=1S/2C5H10NO7P.4Na/c2*7-4(8)1-6(2-5(9)10)3-14(11,12)13;;;;/h2*1-3H2,(H,7,8)(H,9,10)(H2,11,12,13);;;;/q;;4*+1/p-4. The first-order valence-electron chi connectivity index (χ1n) is 6.74. The zero-order valence-corrected chi connectivity index (χ0v) is 27.7. The number of carboxylic acid groups (broad SMARTS) is 4. The topological polar surface area (TPSA) is 282 Å². The number of carbonyl (C=O) groups is 4. The fraction of sp³-hybridized carbons (Fsp3) is 0.600. The molecule has 16 nitrogen and oxygen atoms in total. The summed E-state index contributed by atoms with van der Waals surface area (Å²) in [5, 5.41) is 40.2. The fourth-order valence-electron chi connectivity index (χ4n) is 1.56. The summed E-state index contributed by atoms with van der Waals surface area (Å²) in [7, 11) is -8.98. The van der Waals surface area contributed by atoms with Crippen LogP contribution in [0.4, 0.5) is 0 Å². The third-order valence-electron chi connectivity index (χ3n) is 2.18. The molecule has 0 aromatic carbocycles. The molecule has 0 aromatic rings. The first-order chi connectivity index (χ1) is 12.4. The van der Waals surface area contributed by atoms with Crippen LogP contribution in [0, 0.1) is 0 Å². The second-order valence-corrected chi connectivity index (χ2v) is 8.30. The van der Waals surface area contributed by atoms with E-state index >= 15 is 0 Å². The van der Waals surface area contributed by atoms with Gasteiger partial charge in [0.2, 0.25) is 0 Å². The molecule has 0 heterocycles. The van der Waals surface area contributed by atoms with E-state index < -0.39 is 77.8 Å². The maximum atomic E-state index is 10.4. The molecule has 0 saturated heterocycles. The Kier molecular flexibility index (Phi) is 34.7. The quantitative estimate of drug-likeness (QED) is 0.132. The molecule has 0 aromatic heterocycles. The van der Waals surface area contributed by atoms with Crippen molar-refractivity contribution >= 4 is 39.1 Å². The van der Waals surface area contributed by atoms with Gasteiger partial charge in [-0.25, -0.2) is 0 Å². The average Bonchev–Trinajstić information content (AvgIpc) is 2.30. The average molecular weight is 542 g/mol. The van der Waals surface area contributed by atoms with E-state index in [-0.39, 0.29) is 118 Å². The maximum absolute atomic E-state index is 10.4. The number of hydrogen-bond acceptors (Lipinski definition) is 12. The van der Waals surface area contributed by atoms with Crippen LogP contribution in [0.15, 0.2) is 0 Å². The van der Waals surface area contributed by atoms with Gasteiger partial charge < -0.3 is 59.2 Å². The summed E-state index contributed by atoms with van der Waals surface area (Å²) in [6.45, 7) is -3.50. The second kappa shape index (κ2) is 23.5.